The maximum Gasteiger partial charge on any atom is 0.226 e. The molecule has 2 heterocycles. The van der Waals surface area contributed by atoms with Crippen LogP contribution in [0.2, 0.25) is 0 Å². The van der Waals surface area contributed by atoms with Crippen molar-refractivity contribution in [1.82, 2.24) is 10.2 Å². The molecule has 0 bridgehead atoms. The van der Waals surface area contributed by atoms with E-state index in [1.165, 1.54) is 0 Å². The summed E-state index contributed by atoms with van der Waals surface area (Å²) in [5, 5.41) is 12.4. The van der Waals surface area contributed by atoms with E-state index >= 15 is 0 Å². The Labute approximate surface area is 95.8 Å². The third-order valence-electron chi connectivity index (χ3n) is 3.63. The van der Waals surface area contributed by atoms with Crippen molar-refractivity contribution < 1.29 is 14.6 Å². The number of morpholine rings is 1. The lowest BCUT2D eigenvalue weighted by molar-refractivity contribution is -0.147. The Bertz CT molecular complexity index is 256. The summed E-state index contributed by atoms with van der Waals surface area (Å²) < 4.78 is 5.27. The zero-order valence-corrected chi connectivity index (χ0v) is 9.69. The molecule has 2 rings (SSSR count). The molecule has 0 aromatic heterocycles. The molecule has 92 valence electrons. The van der Waals surface area contributed by atoms with Gasteiger partial charge < -0.3 is 20.1 Å². The molecule has 2 aliphatic rings. The fourth-order valence-electron chi connectivity index (χ4n) is 2.22. The smallest absolute Gasteiger partial charge is 0.226 e. The molecule has 5 nitrogen and oxygen atoms in total. The van der Waals surface area contributed by atoms with Gasteiger partial charge in [-0.15, -0.1) is 0 Å². The lowest BCUT2D eigenvalue weighted by atomic mass is 9.87. The molecule has 0 saturated carbocycles. The SMILES string of the molecule is CC(C(=O)N1CCOCC1CO)C1CNC1. The molecule has 0 aromatic rings. The second-order valence-electron chi connectivity index (χ2n) is 4.65. The molecule has 0 radical (unpaired) electrons. The Morgan fingerprint density at radius 1 is 1.62 bits per heavy atom. The number of hydrogen-bond acceptors (Lipinski definition) is 4. The Balaban J connectivity index is 1.95. The molecule has 0 spiro atoms. The van der Waals surface area contributed by atoms with Crippen LogP contribution in [0.25, 0.3) is 0 Å². The van der Waals surface area contributed by atoms with Crippen LogP contribution in [0.4, 0.5) is 0 Å². The van der Waals surface area contributed by atoms with Gasteiger partial charge in [0, 0.05) is 12.5 Å². The van der Waals surface area contributed by atoms with Crippen molar-refractivity contribution in [3.05, 3.63) is 0 Å². The van der Waals surface area contributed by atoms with Gasteiger partial charge in [0.2, 0.25) is 5.91 Å². The van der Waals surface area contributed by atoms with Crippen molar-refractivity contribution in [2.24, 2.45) is 11.8 Å². The van der Waals surface area contributed by atoms with Gasteiger partial charge in [-0.05, 0) is 19.0 Å². The summed E-state index contributed by atoms with van der Waals surface area (Å²) >= 11 is 0. The van der Waals surface area contributed by atoms with Crippen LogP contribution >= 0.6 is 0 Å². The number of nitrogens with one attached hydrogen (secondary N) is 1. The van der Waals surface area contributed by atoms with Gasteiger partial charge >= 0.3 is 0 Å². The summed E-state index contributed by atoms with van der Waals surface area (Å²) in [6.07, 6.45) is 0. The van der Waals surface area contributed by atoms with Crippen LogP contribution in [-0.2, 0) is 9.53 Å². The van der Waals surface area contributed by atoms with Gasteiger partial charge in [0.15, 0.2) is 0 Å². The van der Waals surface area contributed by atoms with Gasteiger partial charge in [-0.25, -0.2) is 0 Å². The van der Waals surface area contributed by atoms with Gasteiger partial charge in [-0.2, -0.15) is 0 Å². The summed E-state index contributed by atoms with van der Waals surface area (Å²) in [5.41, 5.74) is 0. The minimum absolute atomic E-state index is 0.0125. The number of aliphatic hydroxyl groups is 1. The lowest BCUT2D eigenvalue weighted by Gasteiger charge is -2.39. The zero-order valence-electron chi connectivity index (χ0n) is 9.69. The van der Waals surface area contributed by atoms with Crippen molar-refractivity contribution in [2.75, 3.05) is 39.5 Å². The number of rotatable bonds is 3. The summed E-state index contributed by atoms with van der Waals surface area (Å²) in [4.78, 5) is 14.0. The fraction of sp³-hybridized carbons (Fsp3) is 0.909. The molecule has 1 amide bonds. The lowest BCUT2D eigenvalue weighted by Crippen LogP contribution is -2.56. The third-order valence-corrected chi connectivity index (χ3v) is 3.63. The second kappa shape index (κ2) is 5.12. The predicted molar refractivity (Wildman–Crippen MR) is 58.9 cm³/mol. The maximum absolute atomic E-state index is 12.2. The molecule has 2 aliphatic heterocycles. The number of carbonyl (C=O) groups is 1. The number of aliphatic hydroxyl groups excluding tert-OH is 1. The van der Waals surface area contributed by atoms with Crippen molar-refractivity contribution in [3.8, 4) is 0 Å². The van der Waals surface area contributed by atoms with Gasteiger partial charge in [0.1, 0.15) is 0 Å². The Morgan fingerprint density at radius 2 is 2.38 bits per heavy atom. The quantitative estimate of drug-likeness (QED) is 0.654. The Morgan fingerprint density at radius 3 is 2.94 bits per heavy atom. The van der Waals surface area contributed by atoms with Crippen molar-refractivity contribution in [2.45, 2.75) is 13.0 Å². The van der Waals surface area contributed by atoms with Crippen LogP contribution in [0, 0.1) is 11.8 Å². The Kier molecular flexibility index (Phi) is 3.78. The molecule has 2 N–H and O–H groups in total. The molecule has 2 saturated heterocycles. The van der Waals surface area contributed by atoms with E-state index in [1.54, 1.807) is 4.90 Å². The number of ether oxygens (including phenoxy) is 1. The average molecular weight is 228 g/mol. The first kappa shape index (κ1) is 11.8. The summed E-state index contributed by atoms with van der Waals surface area (Å²) in [7, 11) is 0. The first-order valence-corrected chi connectivity index (χ1v) is 5.94. The molecule has 5 heteroatoms. The predicted octanol–water partition coefficient (Wildman–Crippen LogP) is -0.938. The van der Waals surface area contributed by atoms with E-state index in [-0.39, 0.29) is 24.5 Å². The normalized spacial score (nSPS) is 28.6. The van der Waals surface area contributed by atoms with E-state index in [0.29, 0.717) is 25.7 Å². The minimum Gasteiger partial charge on any atom is -0.394 e. The van der Waals surface area contributed by atoms with E-state index in [9.17, 15) is 9.90 Å². The van der Waals surface area contributed by atoms with E-state index in [0.717, 1.165) is 13.1 Å². The topological polar surface area (TPSA) is 61.8 Å². The highest BCUT2D eigenvalue weighted by atomic mass is 16.5. The van der Waals surface area contributed by atoms with Crippen LogP contribution in [-0.4, -0.2) is 61.4 Å². The summed E-state index contributed by atoms with van der Waals surface area (Å²) in [5.74, 6) is 0.664. The number of carbonyl (C=O) groups excluding carboxylic acids is 1. The van der Waals surface area contributed by atoms with Crippen molar-refractivity contribution >= 4 is 5.91 Å². The van der Waals surface area contributed by atoms with Crippen LogP contribution in [0.1, 0.15) is 6.92 Å². The summed E-state index contributed by atoms with van der Waals surface area (Å²) in [6.45, 7) is 5.48. The molecule has 0 aromatic carbocycles. The molecular weight excluding hydrogens is 208 g/mol. The number of hydrogen-bond donors (Lipinski definition) is 2. The van der Waals surface area contributed by atoms with Crippen molar-refractivity contribution in [1.29, 1.82) is 0 Å². The van der Waals surface area contributed by atoms with E-state index in [4.69, 9.17) is 4.74 Å². The van der Waals surface area contributed by atoms with E-state index in [2.05, 4.69) is 5.32 Å². The molecular formula is C11H20N2O3. The molecule has 0 aliphatic carbocycles. The molecule has 2 unspecified atom stereocenters. The van der Waals surface area contributed by atoms with Crippen LogP contribution in [0.15, 0.2) is 0 Å². The summed E-state index contributed by atoms with van der Waals surface area (Å²) in [6, 6.07) is -0.156. The first-order valence-electron chi connectivity index (χ1n) is 5.94. The van der Waals surface area contributed by atoms with Gasteiger partial charge in [0.25, 0.3) is 0 Å². The monoisotopic (exact) mass is 228 g/mol. The van der Waals surface area contributed by atoms with Gasteiger partial charge in [-0.3, -0.25) is 4.79 Å². The highest BCUT2D eigenvalue weighted by Gasteiger charge is 2.35. The second-order valence-corrected chi connectivity index (χ2v) is 4.65. The first-order chi connectivity index (χ1) is 7.74. The third kappa shape index (κ3) is 2.21. The molecule has 2 atom stereocenters. The van der Waals surface area contributed by atoms with Crippen molar-refractivity contribution in [3.63, 3.8) is 0 Å². The fourth-order valence-corrected chi connectivity index (χ4v) is 2.22. The molecule has 16 heavy (non-hydrogen) atoms. The zero-order chi connectivity index (χ0) is 11.5. The van der Waals surface area contributed by atoms with E-state index in [1.807, 2.05) is 6.92 Å². The van der Waals surface area contributed by atoms with Crippen LogP contribution in [0.5, 0.6) is 0 Å². The largest absolute Gasteiger partial charge is 0.394 e. The Hall–Kier alpha value is -0.650. The van der Waals surface area contributed by atoms with E-state index < -0.39 is 0 Å². The highest BCUT2D eigenvalue weighted by molar-refractivity contribution is 5.79. The molecule has 2 fully saturated rings. The standard InChI is InChI=1S/C11H20N2O3/c1-8(9-4-12-5-9)11(15)13-2-3-16-7-10(13)6-14/h8-10,12,14H,2-7H2,1H3. The van der Waals surface area contributed by atoms with Crippen LogP contribution < -0.4 is 5.32 Å². The van der Waals surface area contributed by atoms with Gasteiger partial charge in [-0.1, -0.05) is 6.92 Å². The van der Waals surface area contributed by atoms with Gasteiger partial charge in [0.05, 0.1) is 25.9 Å². The minimum atomic E-state index is -0.156. The maximum atomic E-state index is 12.2. The average Bonchev–Trinajstić information content (AvgIpc) is 2.25. The number of amides is 1. The highest BCUT2D eigenvalue weighted by Crippen LogP contribution is 2.20. The van der Waals surface area contributed by atoms with Crippen LogP contribution in [0.3, 0.4) is 0 Å². The number of nitrogens with zero attached hydrogens (tertiary/aromatic N) is 1.